The summed E-state index contributed by atoms with van der Waals surface area (Å²) < 4.78 is 0. The minimum absolute atomic E-state index is 0.0475. The molecule has 1 atom stereocenters. The van der Waals surface area contributed by atoms with E-state index in [0.717, 1.165) is 28.7 Å². The number of rotatable bonds is 5. The molecule has 0 saturated heterocycles. The molecule has 2 heterocycles. The van der Waals surface area contributed by atoms with Gasteiger partial charge in [-0.25, -0.2) is 4.98 Å². The molecule has 2 rings (SSSR count). The molecular formula is C10H14N4S2. The van der Waals surface area contributed by atoms with Gasteiger partial charge in [0.1, 0.15) is 5.82 Å². The van der Waals surface area contributed by atoms with Gasteiger partial charge in [0.2, 0.25) is 0 Å². The van der Waals surface area contributed by atoms with Crippen molar-refractivity contribution in [3.8, 4) is 10.7 Å². The molecule has 0 aromatic carbocycles. The van der Waals surface area contributed by atoms with E-state index >= 15 is 0 Å². The lowest BCUT2D eigenvalue weighted by molar-refractivity contribution is 0.658. The minimum atomic E-state index is -0.0475. The summed E-state index contributed by atoms with van der Waals surface area (Å²) in [7, 11) is 0. The molecule has 0 saturated carbocycles. The molecule has 3 N–H and O–H groups in total. The first-order valence-corrected chi connectivity index (χ1v) is 7.29. The largest absolute Gasteiger partial charge is 0.321 e. The van der Waals surface area contributed by atoms with Crippen LogP contribution in [0.5, 0.6) is 0 Å². The topological polar surface area (TPSA) is 67.6 Å². The van der Waals surface area contributed by atoms with E-state index in [1.165, 1.54) is 0 Å². The lowest BCUT2D eigenvalue weighted by Gasteiger charge is -2.05. The number of nitrogens with zero attached hydrogens (tertiary/aromatic N) is 2. The fourth-order valence-corrected chi connectivity index (χ4v) is 2.48. The van der Waals surface area contributed by atoms with Crippen molar-refractivity contribution in [1.82, 2.24) is 15.2 Å². The highest BCUT2D eigenvalue weighted by molar-refractivity contribution is 7.98. The van der Waals surface area contributed by atoms with Crippen molar-refractivity contribution in [2.24, 2.45) is 5.73 Å². The molecule has 86 valence electrons. The van der Waals surface area contributed by atoms with Crippen LogP contribution in [0, 0.1) is 0 Å². The third-order valence-corrected chi connectivity index (χ3v) is 3.74. The van der Waals surface area contributed by atoms with Gasteiger partial charge in [-0.2, -0.15) is 16.9 Å². The van der Waals surface area contributed by atoms with Gasteiger partial charge in [0, 0.05) is 0 Å². The number of hydrogen-bond donors (Lipinski definition) is 2. The van der Waals surface area contributed by atoms with E-state index in [0.29, 0.717) is 0 Å². The fourth-order valence-electron chi connectivity index (χ4n) is 1.34. The number of thiophene rings is 1. The maximum absolute atomic E-state index is 6.00. The summed E-state index contributed by atoms with van der Waals surface area (Å²) in [6, 6.07) is 3.95. The van der Waals surface area contributed by atoms with Crippen LogP contribution >= 0.6 is 23.1 Å². The Kier molecular flexibility index (Phi) is 3.98. The lowest BCUT2D eigenvalue weighted by atomic mass is 10.2. The van der Waals surface area contributed by atoms with Crippen molar-refractivity contribution in [3.05, 3.63) is 23.3 Å². The van der Waals surface area contributed by atoms with Gasteiger partial charge in [-0.3, -0.25) is 5.10 Å². The third kappa shape index (κ3) is 2.63. The van der Waals surface area contributed by atoms with E-state index in [1.807, 2.05) is 17.5 Å². The molecule has 1 unspecified atom stereocenters. The molecule has 0 amide bonds. The van der Waals surface area contributed by atoms with Crippen LogP contribution in [0.3, 0.4) is 0 Å². The van der Waals surface area contributed by atoms with Crippen LogP contribution in [-0.2, 0) is 0 Å². The van der Waals surface area contributed by atoms with Crippen molar-refractivity contribution < 1.29 is 0 Å². The molecule has 2 aromatic heterocycles. The number of thioether (sulfide) groups is 1. The number of nitrogens with two attached hydrogens (primary N) is 1. The summed E-state index contributed by atoms with van der Waals surface area (Å²) in [5, 5.41) is 9.10. The second-order valence-electron chi connectivity index (χ2n) is 3.41. The highest BCUT2D eigenvalue weighted by Crippen LogP contribution is 2.22. The van der Waals surface area contributed by atoms with E-state index in [9.17, 15) is 0 Å². The highest BCUT2D eigenvalue weighted by Gasteiger charge is 2.12. The van der Waals surface area contributed by atoms with Crippen LogP contribution in [0.4, 0.5) is 0 Å². The average molecular weight is 254 g/mol. The number of aromatic nitrogens is 3. The molecule has 0 bridgehead atoms. The van der Waals surface area contributed by atoms with Crippen LogP contribution in [0.2, 0.25) is 0 Å². The van der Waals surface area contributed by atoms with Gasteiger partial charge in [-0.05, 0) is 29.9 Å². The Morgan fingerprint density at radius 3 is 3.19 bits per heavy atom. The summed E-state index contributed by atoms with van der Waals surface area (Å²) in [5.41, 5.74) is 6.00. The van der Waals surface area contributed by atoms with E-state index in [4.69, 9.17) is 5.73 Å². The number of aromatic amines is 1. The Hall–Kier alpha value is -0.850. The molecule has 2 aromatic rings. The first kappa shape index (κ1) is 11.6. The standard InChI is InChI=1S/C10H14N4S2/c1-15-6-4-7(11)9-12-10(14-13-9)8-3-2-5-16-8/h2-3,5,7H,4,6,11H2,1H3,(H,12,13,14). The summed E-state index contributed by atoms with van der Waals surface area (Å²) in [5.74, 6) is 2.55. The zero-order valence-electron chi connectivity index (χ0n) is 9.01. The predicted octanol–water partition coefficient (Wildman–Crippen LogP) is 2.29. The van der Waals surface area contributed by atoms with Gasteiger partial charge < -0.3 is 5.73 Å². The van der Waals surface area contributed by atoms with Crippen molar-refractivity contribution in [2.45, 2.75) is 12.5 Å². The Morgan fingerprint density at radius 2 is 2.50 bits per heavy atom. The van der Waals surface area contributed by atoms with Gasteiger partial charge in [0.05, 0.1) is 10.9 Å². The molecule has 0 aliphatic rings. The van der Waals surface area contributed by atoms with Crippen LogP contribution in [-0.4, -0.2) is 27.2 Å². The smallest absolute Gasteiger partial charge is 0.191 e. The maximum atomic E-state index is 6.00. The molecule has 0 fully saturated rings. The van der Waals surface area contributed by atoms with Gasteiger partial charge >= 0.3 is 0 Å². The minimum Gasteiger partial charge on any atom is -0.321 e. The van der Waals surface area contributed by atoms with Gasteiger partial charge in [0.25, 0.3) is 0 Å². The van der Waals surface area contributed by atoms with Crippen LogP contribution in [0.1, 0.15) is 18.3 Å². The zero-order valence-corrected chi connectivity index (χ0v) is 10.6. The highest BCUT2D eigenvalue weighted by atomic mass is 32.2. The second kappa shape index (κ2) is 5.47. The van der Waals surface area contributed by atoms with Crippen molar-refractivity contribution in [3.63, 3.8) is 0 Å². The molecule has 0 spiro atoms. The first-order chi connectivity index (χ1) is 7.81. The number of H-pyrrole nitrogens is 1. The van der Waals surface area contributed by atoms with E-state index < -0.39 is 0 Å². The van der Waals surface area contributed by atoms with Gasteiger partial charge in [-0.1, -0.05) is 6.07 Å². The lowest BCUT2D eigenvalue weighted by Crippen LogP contribution is -2.12. The number of nitrogens with one attached hydrogen (secondary N) is 1. The summed E-state index contributed by atoms with van der Waals surface area (Å²) in [4.78, 5) is 5.48. The van der Waals surface area contributed by atoms with E-state index in [2.05, 4.69) is 21.4 Å². The molecule has 0 aliphatic heterocycles. The summed E-state index contributed by atoms with van der Waals surface area (Å²) in [6.07, 6.45) is 2.99. The predicted molar refractivity (Wildman–Crippen MR) is 69.6 cm³/mol. The molecular weight excluding hydrogens is 240 g/mol. The third-order valence-electron chi connectivity index (χ3n) is 2.23. The van der Waals surface area contributed by atoms with E-state index in [-0.39, 0.29) is 6.04 Å². The molecule has 0 radical (unpaired) electrons. The Morgan fingerprint density at radius 1 is 1.62 bits per heavy atom. The molecule has 0 aliphatic carbocycles. The Balaban J connectivity index is 2.07. The van der Waals surface area contributed by atoms with Crippen LogP contribution < -0.4 is 5.73 Å². The van der Waals surface area contributed by atoms with Crippen molar-refractivity contribution >= 4 is 23.1 Å². The van der Waals surface area contributed by atoms with Crippen molar-refractivity contribution in [2.75, 3.05) is 12.0 Å². The van der Waals surface area contributed by atoms with E-state index in [1.54, 1.807) is 23.1 Å². The Labute approximate surface area is 103 Å². The summed E-state index contributed by atoms with van der Waals surface area (Å²) in [6.45, 7) is 0. The van der Waals surface area contributed by atoms with Crippen LogP contribution in [0.15, 0.2) is 17.5 Å². The van der Waals surface area contributed by atoms with Gasteiger partial charge in [0.15, 0.2) is 5.82 Å². The quantitative estimate of drug-likeness (QED) is 0.859. The van der Waals surface area contributed by atoms with Gasteiger partial charge in [-0.15, -0.1) is 11.3 Å². The molecule has 16 heavy (non-hydrogen) atoms. The SMILES string of the molecule is CSCCC(N)c1nc(-c2cccs2)n[nH]1. The van der Waals surface area contributed by atoms with Crippen molar-refractivity contribution in [1.29, 1.82) is 0 Å². The molecule has 6 heteroatoms. The summed E-state index contributed by atoms with van der Waals surface area (Å²) >= 11 is 3.42. The molecule has 4 nitrogen and oxygen atoms in total. The zero-order chi connectivity index (χ0) is 11.4. The Bertz CT molecular complexity index is 424. The monoisotopic (exact) mass is 254 g/mol. The fraction of sp³-hybridized carbons (Fsp3) is 0.400. The normalized spacial score (nSPS) is 12.9. The maximum Gasteiger partial charge on any atom is 0.191 e. The average Bonchev–Trinajstić information content (AvgIpc) is 2.94. The van der Waals surface area contributed by atoms with Crippen LogP contribution in [0.25, 0.3) is 10.7 Å². The second-order valence-corrected chi connectivity index (χ2v) is 5.34. The first-order valence-electron chi connectivity index (χ1n) is 5.02. The number of hydrogen-bond acceptors (Lipinski definition) is 5.